The predicted octanol–water partition coefficient (Wildman–Crippen LogP) is 9.65. The fourth-order valence-corrected chi connectivity index (χ4v) is 5.02. The van der Waals surface area contributed by atoms with Gasteiger partial charge in [-0.05, 0) is 25.7 Å². The van der Waals surface area contributed by atoms with Crippen molar-refractivity contribution in [3.05, 3.63) is 12.4 Å². The number of unbranched alkanes of at least 4 members (excludes halogenated alkanes) is 17. The minimum atomic E-state index is 0.642. The van der Waals surface area contributed by atoms with Crippen molar-refractivity contribution in [1.29, 1.82) is 0 Å². The molecule has 184 valence electrons. The molecule has 0 saturated carbocycles. The van der Waals surface area contributed by atoms with Crippen LogP contribution in [-0.4, -0.2) is 29.1 Å². The molecular weight excluding hydrogens is 376 g/mol. The second-order valence-electron chi connectivity index (χ2n) is 10.1. The lowest BCUT2D eigenvalue weighted by Crippen LogP contribution is -2.39. The lowest BCUT2D eigenvalue weighted by atomic mass is 10.0. The third-order valence-electron chi connectivity index (χ3n) is 7.03. The summed E-state index contributed by atoms with van der Waals surface area (Å²) in [6, 6.07) is 0. The highest BCUT2D eigenvalue weighted by molar-refractivity contribution is 4.96. The molecule has 0 spiro atoms. The first-order valence-corrected chi connectivity index (χ1v) is 14.5. The molecule has 0 radical (unpaired) electrons. The highest BCUT2D eigenvalue weighted by Gasteiger charge is 2.24. The van der Waals surface area contributed by atoms with Gasteiger partial charge >= 0.3 is 0 Å². The predicted molar refractivity (Wildman–Crippen MR) is 140 cm³/mol. The van der Waals surface area contributed by atoms with Crippen LogP contribution in [0.4, 0.5) is 0 Å². The van der Waals surface area contributed by atoms with Crippen LogP contribution in [0.2, 0.25) is 0 Å². The van der Waals surface area contributed by atoms with Crippen LogP contribution >= 0.6 is 0 Å². The van der Waals surface area contributed by atoms with Crippen LogP contribution in [0.5, 0.6) is 0 Å². The third-order valence-corrected chi connectivity index (χ3v) is 7.03. The smallest absolute Gasteiger partial charge is 0.101 e. The van der Waals surface area contributed by atoms with E-state index in [0.29, 0.717) is 6.17 Å². The normalized spacial score (nSPS) is 16.0. The highest BCUT2D eigenvalue weighted by atomic mass is 15.4. The van der Waals surface area contributed by atoms with Crippen molar-refractivity contribution in [2.75, 3.05) is 13.1 Å². The average molecular weight is 435 g/mol. The van der Waals surface area contributed by atoms with Crippen molar-refractivity contribution in [1.82, 2.24) is 9.80 Å². The van der Waals surface area contributed by atoms with Gasteiger partial charge in [0, 0.05) is 25.5 Å². The fraction of sp³-hybridized carbons (Fsp3) is 0.931. The van der Waals surface area contributed by atoms with Crippen LogP contribution in [0.15, 0.2) is 12.4 Å². The summed E-state index contributed by atoms with van der Waals surface area (Å²) in [6.45, 7) is 9.40. The van der Waals surface area contributed by atoms with Gasteiger partial charge in [-0.2, -0.15) is 0 Å². The third kappa shape index (κ3) is 14.9. The largest absolute Gasteiger partial charge is 0.356 e. The molecule has 0 bridgehead atoms. The number of rotatable bonds is 23. The molecule has 1 atom stereocenters. The molecular formula is C29H58N2. The molecule has 1 aliphatic rings. The van der Waals surface area contributed by atoms with Crippen LogP contribution in [0, 0.1) is 0 Å². The Labute approximate surface area is 197 Å². The summed E-state index contributed by atoms with van der Waals surface area (Å²) in [4.78, 5) is 5.27. The van der Waals surface area contributed by atoms with E-state index in [1.165, 1.54) is 148 Å². The summed E-state index contributed by atoms with van der Waals surface area (Å²) >= 11 is 0. The molecule has 0 amide bonds. The van der Waals surface area contributed by atoms with E-state index in [1.807, 2.05) is 0 Å². The van der Waals surface area contributed by atoms with Gasteiger partial charge in [0.1, 0.15) is 6.17 Å². The molecule has 0 aliphatic carbocycles. The van der Waals surface area contributed by atoms with Crippen LogP contribution < -0.4 is 0 Å². The minimum absolute atomic E-state index is 0.642. The molecule has 1 rings (SSSR count). The van der Waals surface area contributed by atoms with Crippen molar-refractivity contribution in [3.8, 4) is 0 Å². The number of nitrogens with zero attached hydrogens (tertiary/aromatic N) is 2. The fourth-order valence-electron chi connectivity index (χ4n) is 5.02. The topological polar surface area (TPSA) is 6.48 Å². The summed E-state index contributed by atoms with van der Waals surface area (Å²) in [5.74, 6) is 0. The van der Waals surface area contributed by atoms with E-state index in [2.05, 4.69) is 43.0 Å². The number of hydrogen-bond acceptors (Lipinski definition) is 2. The lowest BCUT2D eigenvalue weighted by molar-refractivity contribution is 0.137. The highest BCUT2D eigenvalue weighted by Crippen LogP contribution is 2.23. The van der Waals surface area contributed by atoms with Crippen LogP contribution in [0.1, 0.15) is 156 Å². The van der Waals surface area contributed by atoms with Crippen LogP contribution in [-0.2, 0) is 0 Å². The Morgan fingerprint density at radius 2 is 0.806 bits per heavy atom. The van der Waals surface area contributed by atoms with Gasteiger partial charge in [0.25, 0.3) is 0 Å². The molecule has 0 aromatic rings. The zero-order chi connectivity index (χ0) is 22.4. The molecule has 1 aliphatic heterocycles. The Kier molecular flexibility index (Phi) is 19.4. The summed E-state index contributed by atoms with van der Waals surface area (Å²) in [5.41, 5.74) is 0. The summed E-state index contributed by atoms with van der Waals surface area (Å²) in [5, 5.41) is 0. The first kappa shape index (κ1) is 28.4. The van der Waals surface area contributed by atoms with Crippen molar-refractivity contribution >= 4 is 0 Å². The molecule has 1 heterocycles. The van der Waals surface area contributed by atoms with Gasteiger partial charge in [0.05, 0.1) is 0 Å². The zero-order valence-electron chi connectivity index (χ0n) is 21.9. The Bertz CT molecular complexity index is 392. The Morgan fingerprint density at radius 3 is 1.26 bits per heavy atom. The van der Waals surface area contributed by atoms with E-state index in [4.69, 9.17) is 0 Å². The standard InChI is InChI=1S/C29H58N2/c1-4-7-9-11-13-15-16-17-18-20-22-24-29-30(25-6-3)27-28-31(29)26-23-21-19-14-12-10-8-5-2/h27-29H,4-26H2,1-3H3. The summed E-state index contributed by atoms with van der Waals surface area (Å²) in [7, 11) is 0. The molecule has 2 heteroatoms. The minimum Gasteiger partial charge on any atom is -0.356 e. The first-order chi connectivity index (χ1) is 15.3. The maximum atomic E-state index is 2.66. The van der Waals surface area contributed by atoms with E-state index in [9.17, 15) is 0 Å². The van der Waals surface area contributed by atoms with Gasteiger partial charge in [-0.1, -0.05) is 130 Å². The Hall–Kier alpha value is -0.660. The van der Waals surface area contributed by atoms with Crippen LogP contribution in [0.25, 0.3) is 0 Å². The van der Waals surface area contributed by atoms with Crippen molar-refractivity contribution in [3.63, 3.8) is 0 Å². The molecule has 0 aromatic carbocycles. The Morgan fingerprint density at radius 1 is 0.419 bits per heavy atom. The summed E-state index contributed by atoms with van der Waals surface area (Å²) < 4.78 is 0. The maximum absolute atomic E-state index is 2.66. The van der Waals surface area contributed by atoms with E-state index < -0.39 is 0 Å². The van der Waals surface area contributed by atoms with Crippen molar-refractivity contribution in [2.45, 2.75) is 162 Å². The Balaban J connectivity index is 2.09. The molecule has 0 N–H and O–H groups in total. The lowest BCUT2D eigenvalue weighted by Gasteiger charge is -2.33. The monoisotopic (exact) mass is 434 g/mol. The molecule has 0 aromatic heterocycles. The second-order valence-corrected chi connectivity index (χ2v) is 10.1. The molecule has 1 unspecified atom stereocenters. The van der Waals surface area contributed by atoms with E-state index >= 15 is 0 Å². The second kappa shape index (κ2) is 21.2. The molecule has 0 saturated heterocycles. The van der Waals surface area contributed by atoms with E-state index in [0.717, 1.165) is 0 Å². The molecule has 2 nitrogen and oxygen atoms in total. The molecule has 31 heavy (non-hydrogen) atoms. The van der Waals surface area contributed by atoms with E-state index in [-0.39, 0.29) is 0 Å². The zero-order valence-corrected chi connectivity index (χ0v) is 21.9. The first-order valence-electron chi connectivity index (χ1n) is 14.5. The SMILES string of the molecule is CCCCCCCCCCCCCC1N(CCC)C=CN1CCCCCCCCCC. The van der Waals surface area contributed by atoms with Crippen molar-refractivity contribution in [2.24, 2.45) is 0 Å². The number of hydrogen-bond donors (Lipinski definition) is 0. The van der Waals surface area contributed by atoms with Gasteiger partial charge in [-0.25, -0.2) is 0 Å². The van der Waals surface area contributed by atoms with Crippen LogP contribution in [0.3, 0.4) is 0 Å². The summed E-state index contributed by atoms with van der Waals surface area (Å²) in [6.07, 6.45) is 35.2. The van der Waals surface area contributed by atoms with Gasteiger partial charge in [-0.15, -0.1) is 0 Å². The van der Waals surface area contributed by atoms with Gasteiger partial charge < -0.3 is 9.80 Å². The van der Waals surface area contributed by atoms with E-state index in [1.54, 1.807) is 0 Å². The van der Waals surface area contributed by atoms with Gasteiger partial charge in [-0.3, -0.25) is 0 Å². The van der Waals surface area contributed by atoms with Gasteiger partial charge in [0.2, 0.25) is 0 Å². The van der Waals surface area contributed by atoms with Crippen molar-refractivity contribution < 1.29 is 0 Å². The molecule has 0 fully saturated rings. The quantitative estimate of drug-likeness (QED) is 0.148. The average Bonchev–Trinajstić information content (AvgIpc) is 3.15. The van der Waals surface area contributed by atoms with Gasteiger partial charge in [0.15, 0.2) is 0 Å². The maximum Gasteiger partial charge on any atom is 0.101 e.